The number of likely N-dealkylation sites (tertiary alicyclic amines) is 1. The molecule has 3 aromatic heterocycles. The second-order valence-electron chi connectivity index (χ2n) is 10.9. The van der Waals surface area contributed by atoms with Gasteiger partial charge in [-0.25, -0.2) is 9.50 Å². The predicted octanol–water partition coefficient (Wildman–Crippen LogP) is 5.38. The lowest BCUT2D eigenvalue weighted by atomic mass is 10.1. The zero-order valence-corrected chi connectivity index (χ0v) is 25.0. The van der Waals surface area contributed by atoms with Gasteiger partial charge in [-0.05, 0) is 56.9 Å². The van der Waals surface area contributed by atoms with Gasteiger partial charge in [0.25, 0.3) is 5.91 Å². The van der Waals surface area contributed by atoms with Crippen LogP contribution >= 0.6 is 0 Å². The number of likely N-dealkylation sites (N-methyl/N-ethyl adjacent to an activating group) is 1. The van der Waals surface area contributed by atoms with Crippen molar-refractivity contribution in [2.24, 2.45) is 7.05 Å². The van der Waals surface area contributed by atoms with E-state index in [0.29, 0.717) is 23.2 Å². The molecule has 232 valence electrons. The van der Waals surface area contributed by atoms with E-state index in [4.69, 9.17) is 9.47 Å². The fourth-order valence-electron chi connectivity index (χ4n) is 5.38. The summed E-state index contributed by atoms with van der Waals surface area (Å²) in [6.07, 6.45) is 7.26. The third-order valence-electron chi connectivity index (χ3n) is 7.70. The van der Waals surface area contributed by atoms with Crippen LogP contribution in [0.15, 0.2) is 79.9 Å². The summed E-state index contributed by atoms with van der Waals surface area (Å²) in [5.41, 5.74) is 3.11. The molecule has 2 aromatic carbocycles. The average molecular weight is 615 g/mol. The van der Waals surface area contributed by atoms with Crippen molar-refractivity contribution in [2.75, 3.05) is 32.5 Å². The lowest BCUT2D eigenvalue weighted by Crippen LogP contribution is -2.30. The van der Waals surface area contributed by atoms with E-state index in [1.807, 2.05) is 24.3 Å². The van der Waals surface area contributed by atoms with Crippen LogP contribution in [0.25, 0.3) is 22.6 Å². The van der Waals surface area contributed by atoms with Crippen molar-refractivity contribution in [3.63, 3.8) is 0 Å². The van der Waals surface area contributed by atoms with Gasteiger partial charge in [0.15, 0.2) is 5.65 Å². The zero-order valence-electron chi connectivity index (χ0n) is 25.0. The number of carbonyl (C=O) groups excluding carboxylic acids is 1. The summed E-state index contributed by atoms with van der Waals surface area (Å²) in [5, 5.41) is 11.4. The van der Waals surface area contributed by atoms with E-state index in [0.717, 1.165) is 30.8 Å². The summed E-state index contributed by atoms with van der Waals surface area (Å²) in [6.45, 7) is 3.05. The number of rotatable bonds is 10. The van der Waals surface area contributed by atoms with Crippen molar-refractivity contribution in [2.45, 2.75) is 19.1 Å². The molecule has 11 nitrogen and oxygen atoms in total. The van der Waals surface area contributed by atoms with E-state index >= 15 is 0 Å². The van der Waals surface area contributed by atoms with E-state index < -0.39 is 12.5 Å². The molecule has 0 unspecified atom stereocenters. The number of alkyl halides is 2. The predicted molar refractivity (Wildman–Crippen MR) is 165 cm³/mol. The van der Waals surface area contributed by atoms with Crippen LogP contribution < -0.4 is 14.8 Å². The van der Waals surface area contributed by atoms with Gasteiger partial charge in [0, 0.05) is 56.0 Å². The molecule has 1 amide bonds. The van der Waals surface area contributed by atoms with Crippen molar-refractivity contribution >= 4 is 22.9 Å². The SMILES string of the molecule is C=C(c1cccc(Oc2ccc(OC(F)F)c(-c3nn(C)cc3NC(=O)c3cnn4cccnc34)c2)c1)N1CC[C@@H](N(C)C)C1. The van der Waals surface area contributed by atoms with E-state index in [9.17, 15) is 13.6 Å². The number of carbonyl (C=O) groups is 1. The summed E-state index contributed by atoms with van der Waals surface area (Å²) in [7, 11) is 5.82. The fourth-order valence-corrected chi connectivity index (χ4v) is 5.38. The van der Waals surface area contributed by atoms with Crippen molar-refractivity contribution < 1.29 is 23.0 Å². The molecule has 0 saturated carbocycles. The molecule has 13 heteroatoms. The van der Waals surface area contributed by atoms with E-state index in [2.05, 4.69) is 51.0 Å². The molecule has 1 aliphatic rings. The van der Waals surface area contributed by atoms with Gasteiger partial charge in [-0.2, -0.15) is 19.0 Å². The Labute approximate surface area is 258 Å². The number of aryl methyl sites for hydroxylation is 1. The van der Waals surface area contributed by atoms with Crippen molar-refractivity contribution in [1.82, 2.24) is 34.2 Å². The summed E-state index contributed by atoms with van der Waals surface area (Å²) in [5.74, 6) is 0.281. The van der Waals surface area contributed by atoms with Crippen LogP contribution in [-0.2, 0) is 7.05 Å². The first-order chi connectivity index (χ1) is 21.7. The van der Waals surface area contributed by atoms with Gasteiger partial charge in [0.2, 0.25) is 0 Å². The number of anilines is 1. The first-order valence-electron chi connectivity index (χ1n) is 14.3. The Kier molecular flexibility index (Phi) is 8.18. The fraction of sp³-hybridized carbons (Fsp3) is 0.250. The topological polar surface area (TPSA) is 102 Å². The van der Waals surface area contributed by atoms with Gasteiger partial charge in [-0.1, -0.05) is 18.7 Å². The number of fused-ring (bicyclic) bond motifs is 1. The number of hydrogen-bond donors (Lipinski definition) is 1. The number of benzene rings is 2. The molecule has 0 bridgehead atoms. The van der Waals surface area contributed by atoms with Crippen molar-refractivity contribution in [3.05, 3.63) is 91.0 Å². The van der Waals surface area contributed by atoms with Gasteiger partial charge in [0.1, 0.15) is 28.5 Å². The smallest absolute Gasteiger partial charge is 0.387 e. The van der Waals surface area contributed by atoms with Crippen LogP contribution in [0.3, 0.4) is 0 Å². The molecular weight excluding hydrogens is 582 g/mol. The van der Waals surface area contributed by atoms with Crippen LogP contribution in [0.5, 0.6) is 17.2 Å². The van der Waals surface area contributed by atoms with Gasteiger partial charge < -0.3 is 24.6 Å². The largest absolute Gasteiger partial charge is 0.457 e. The highest BCUT2D eigenvalue weighted by atomic mass is 19.3. The van der Waals surface area contributed by atoms with Gasteiger partial charge in [-0.3, -0.25) is 9.48 Å². The van der Waals surface area contributed by atoms with Crippen LogP contribution in [0, 0.1) is 0 Å². The minimum absolute atomic E-state index is 0.129. The molecule has 1 aliphatic heterocycles. The van der Waals surface area contributed by atoms with Gasteiger partial charge in [-0.15, -0.1) is 0 Å². The van der Waals surface area contributed by atoms with E-state index in [1.54, 1.807) is 37.8 Å². The first kappa shape index (κ1) is 29.8. The Hall–Kier alpha value is -5.30. The molecular formula is C32H32F2N8O3. The Morgan fingerprint density at radius 1 is 1.16 bits per heavy atom. The molecule has 0 spiro atoms. The molecule has 5 aromatic rings. The molecule has 1 saturated heterocycles. The number of hydrogen-bond acceptors (Lipinski definition) is 8. The monoisotopic (exact) mass is 614 g/mol. The molecule has 0 radical (unpaired) electrons. The zero-order chi connectivity index (χ0) is 31.7. The second kappa shape index (κ2) is 12.4. The van der Waals surface area contributed by atoms with Gasteiger partial charge >= 0.3 is 6.61 Å². The van der Waals surface area contributed by atoms with Crippen LogP contribution in [0.4, 0.5) is 14.5 Å². The summed E-state index contributed by atoms with van der Waals surface area (Å²) in [4.78, 5) is 22.0. The number of nitrogens with one attached hydrogen (secondary N) is 1. The number of halogens is 2. The standard InChI is InChI=1S/C32H32F2N8O3/c1-20(41-14-11-22(18-41)39(2)3)21-7-5-8-23(15-21)44-24-9-10-28(45-32(33)34)25(16-24)29-27(19-40(4)38-29)37-31(43)26-17-36-42-13-6-12-35-30(26)42/h5-10,12-13,15-17,19,22,32H,1,11,14,18H2,2-4H3,(H,37,43)/t22-/m1/s1. The quantitative estimate of drug-likeness (QED) is 0.224. The Bertz CT molecular complexity index is 1870. The summed E-state index contributed by atoms with van der Waals surface area (Å²) >= 11 is 0. The van der Waals surface area contributed by atoms with Crippen LogP contribution in [-0.4, -0.2) is 79.9 Å². The Morgan fingerprint density at radius 3 is 2.76 bits per heavy atom. The first-order valence-corrected chi connectivity index (χ1v) is 14.3. The average Bonchev–Trinajstić information content (AvgIpc) is 3.76. The third-order valence-corrected chi connectivity index (χ3v) is 7.70. The number of ether oxygens (including phenoxy) is 2. The minimum Gasteiger partial charge on any atom is -0.457 e. The molecule has 1 fully saturated rings. The molecule has 45 heavy (non-hydrogen) atoms. The number of amides is 1. The highest BCUT2D eigenvalue weighted by Gasteiger charge is 2.26. The summed E-state index contributed by atoms with van der Waals surface area (Å²) < 4.78 is 40.9. The van der Waals surface area contributed by atoms with Crippen LogP contribution in [0.2, 0.25) is 0 Å². The summed E-state index contributed by atoms with van der Waals surface area (Å²) in [6, 6.07) is 14.2. The lowest BCUT2D eigenvalue weighted by molar-refractivity contribution is -0.0494. The Balaban J connectivity index is 1.28. The highest BCUT2D eigenvalue weighted by molar-refractivity contribution is 6.09. The van der Waals surface area contributed by atoms with E-state index in [-0.39, 0.29) is 28.3 Å². The highest BCUT2D eigenvalue weighted by Crippen LogP contribution is 2.39. The third kappa shape index (κ3) is 6.34. The van der Waals surface area contributed by atoms with Crippen molar-refractivity contribution in [3.8, 4) is 28.5 Å². The molecule has 6 rings (SSSR count). The molecule has 1 N–H and O–H groups in total. The maximum atomic E-state index is 13.5. The van der Waals surface area contributed by atoms with Crippen molar-refractivity contribution in [1.29, 1.82) is 0 Å². The maximum absolute atomic E-state index is 13.5. The van der Waals surface area contributed by atoms with Gasteiger partial charge in [0.05, 0.1) is 17.4 Å². The molecule has 1 atom stereocenters. The lowest BCUT2D eigenvalue weighted by Gasteiger charge is -2.24. The normalized spacial score (nSPS) is 14.8. The van der Waals surface area contributed by atoms with E-state index in [1.165, 1.54) is 27.5 Å². The number of nitrogens with zero attached hydrogens (tertiary/aromatic N) is 7. The molecule has 4 heterocycles. The molecule has 0 aliphatic carbocycles. The number of aromatic nitrogens is 5. The minimum atomic E-state index is -3.08. The van der Waals surface area contributed by atoms with Crippen LogP contribution in [0.1, 0.15) is 22.3 Å². The second-order valence-corrected chi connectivity index (χ2v) is 10.9. The Morgan fingerprint density at radius 2 is 1.98 bits per heavy atom. The maximum Gasteiger partial charge on any atom is 0.387 e.